The number of rotatable bonds is 5. The Morgan fingerprint density at radius 3 is 2.48 bits per heavy atom. The minimum atomic E-state index is -0.985. The summed E-state index contributed by atoms with van der Waals surface area (Å²) in [4.78, 5) is 27.3. The van der Waals surface area contributed by atoms with Crippen molar-refractivity contribution < 1.29 is 19.1 Å². The van der Waals surface area contributed by atoms with Crippen LogP contribution in [0.1, 0.15) is 34.8 Å². The van der Waals surface area contributed by atoms with Crippen molar-refractivity contribution in [3.63, 3.8) is 0 Å². The Balaban J connectivity index is 2.27. The molecule has 2 rings (SSSR count). The number of hydrogen-bond acceptors (Lipinski definition) is 4. The van der Waals surface area contributed by atoms with Gasteiger partial charge >= 0.3 is 5.97 Å². The minimum absolute atomic E-state index is 0.161. The lowest BCUT2D eigenvalue weighted by molar-refractivity contribution is -0.142. The molecule has 21 heavy (non-hydrogen) atoms. The SMILES string of the molecule is Cc1ocnc1C(=O)N[C@@H](c1ccccc1)[C@@H](C)C(=O)O. The zero-order chi connectivity index (χ0) is 15.4. The number of aryl methyl sites for hydroxylation is 1. The normalized spacial score (nSPS) is 13.4. The van der Waals surface area contributed by atoms with E-state index in [2.05, 4.69) is 10.3 Å². The number of carboxylic acids is 1. The molecule has 0 aliphatic carbocycles. The van der Waals surface area contributed by atoms with E-state index >= 15 is 0 Å². The average molecular weight is 288 g/mol. The van der Waals surface area contributed by atoms with Gasteiger partial charge in [0.05, 0.1) is 12.0 Å². The number of amides is 1. The summed E-state index contributed by atoms with van der Waals surface area (Å²) in [6, 6.07) is 8.33. The van der Waals surface area contributed by atoms with Crippen molar-refractivity contribution in [1.82, 2.24) is 10.3 Å². The zero-order valence-electron chi connectivity index (χ0n) is 11.7. The number of carbonyl (C=O) groups is 2. The van der Waals surface area contributed by atoms with E-state index in [0.29, 0.717) is 5.76 Å². The molecule has 1 aromatic carbocycles. The highest BCUT2D eigenvalue weighted by Crippen LogP contribution is 2.23. The molecule has 110 valence electrons. The van der Waals surface area contributed by atoms with Crippen molar-refractivity contribution in [2.45, 2.75) is 19.9 Å². The number of oxazole rings is 1. The molecule has 0 bridgehead atoms. The number of benzene rings is 1. The second-order valence-corrected chi connectivity index (χ2v) is 4.75. The van der Waals surface area contributed by atoms with Gasteiger partial charge in [0.15, 0.2) is 12.1 Å². The third-order valence-electron chi connectivity index (χ3n) is 3.29. The molecule has 1 heterocycles. The van der Waals surface area contributed by atoms with Crippen molar-refractivity contribution in [1.29, 1.82) is 0 Å². The third kappa shape index (κ3) is 3.28. The molecular formula is C15H16N2O4. The van der Waals surface area contributed by atoms with Gasteiger partial charge in [0.2, 0.25) is 0 Å². The first-order chi connectivity index (χ1) is 10.0. The van der Waals surface area contributed by atoms with E-state index in [1.54, 1.807) is 38.1 Å². The largest absolute Gasteiger partial charge is 0.481 e. The highest BCUT2D eigenvalue weighted by molar-refractivity contribution is 5.93. The van der Waals surface area contributed by atoms with Crippen molar-refractivity contribution in [2.24, 2.45) is 5.92 Å². The smallest absolute Gasteiger partial charge is 0.308 e. The maximum atomic E-state index is 12.2. The number of aromatic nitrogens is 1. The van der Waals surface area contributed by atoms with Crippen LogP contribution >= 0.6 is 0 Å². The number of nitrogens with zero attached hydrogens (tertiary/aromatic N) is 1. The van der Waals surface area contributed by atoms with Crippen LogP contribution in [0.2, 0.25) is 0 Å². The molecule has 0 fully saturated rings. The Morgan fingerprint density at radius 1 is 1.29 bits per heavy atom. The summed E-state index contributed by atoms with van der Waals surface area (Å²) < 4.78 is 4.99. The van der Waals surface area contributed by atoms with Crippen molar-refractivity contribution >= 4 is 11.9 Å². The second kappa shape index (κ2) is 6.21. The van der Waals surface area contributed by atoms with E-state index in [4.69, 9.17) is 4.42 Å². The van der Waals surface area contributed by atoms with Gasteiger partial charge in [0.25, 0.3) is 5.91 Å². The van der Waals surface area contributed by atoms with Gasteiger partial charge in [-0.2, -0.15) is 0 Å². The van der Waals surface area contributed by atoms with Crippen molar-refractivity contribution in [2.75, 3.05) is 0 Å². The van der Waals surface area contributed by atoms with E-state index in [1.807, 2.05) is 6.07 Å². The molecule has 2 N–H and O–H groups in total. The summed E-state index contributed by atoms with van der Waals surface area (Å²) >= 11 is 0. The van der Waals surface area contributed by atoms with Gasteiger partial charge in [-0.15, -0.1) is 0 Å². The number of carboxylic acid groups (broad SMARTS) is 1. The molecule has 6 heteroatoms. The van der Waals surface area contributed by atoms with Gasteiger partial charge in [0.1, 0.15) is 5.76 Å². The van der Waals surface area contributed by atoms with Crippen LogP contribution in [0.4, 0.5) is 0 Å². The van der Waals surface area contributed by atoms with E-state index < -0.39 is 23.8 Å². The molecule has 2 atom stereocenters. The van der Waals surface area contributed by atoms with Crippen LogP contribution in [0.15, 0.2) is 41.1 Å². The molecule has 6 nitrogen and oxygen atoms in total. The zero-order valence-corrected chi connectivity index (χ0v) is 11.7. The first-order valence-electron chi connectivity index (χ1n) is 6.49. The molecule has 0 spiro atoms. The highest BCUT2D eigenvalue weighted by atomic mass is 16.4. The first-order valence-corrected chi connectivity index (χ1v) is 6.49. The van der Waals surface area contributed by atoms with E-state index in [9.17, 15) is 14.7 Å². The molecule has 1 aromatic heterocycles. The van der Waals surface area contributed by atoms with Crippen LogP contribution in [-0.4, -0.2) is 22.0 Å². The van der Waals surface area contributed by atoms with Gasteiger partial charge in [-0.3, -0.25) is 9.59 Å². The third-order valence-corrected chi connectivity index (χ3v) is 3.29. The number of carbonyl (C=O) groups excluding carboxylic acids is 1. The standard InChI is InChI=1S/C15H16N2O4/c1-9(15(19)20)12(11-6-4-3-5-7-11)17-14(18)13-10(2)21-8-16-13/h3-9,12H,1-2H3,(H,17,18)(H,19,20)/t9-,12-/m1/s1. The van der Waals surface area contributed by atoms with Crippen LogP contribution < -0.4 is 5.32 Å². The predicted octanol–water partition coefficient (Wildman–Crippen LogP) is 2.17. The molecule has 2 aromatic rings. The maximum Gasteiger partial charge on any atom is 0.308 e. The Hall–Kier alpha value is -2.63. The summed E-state index contributed by atoms with van der Waals surface area (Å²) in [5.41, 5.74) is 0.885. The summed E-state index contributed by atoms with van der Waals surface area (Å²) in [6.45, 7) is 3.18. The molecule has 0 aliphatic heterocycles. The van der Waals surface area contributed by atoms with Crippen LogP contribution in [0, 0.1) is 12.8 Å². The molecule has 0 radical (unpaired) electrons. The lowest BCUT2D eigenvalue weighted by atomic mass is 9.94. The molecule has 0 aliphatic rings. The molecular weight excluding hydrogens is 272 g/mol. The lowest BCUT2D eigenvalue weighted by Gasteiger charge is -2.22. The van der Waals surface area contributed by atoms with E-state index in [0.717, 1.165) is 5.56 Å². The number of hydrogen-bond donors (Lipinski definition) is 2. The molecule has 1 amide bonds. The summed E-state index contributed by atoms with van der Waals surface area (Å²) in [6.07, 6.45) is 1.18. The topological polar surface area (TPSA) is 92.4 Å². The van der Waals surface area contributed by atoms with E-state index in [1.165, 1.54) is 6.39 Å². The quantitative estimate of drug-likeness (QED) is 0.879. The van der Waals surface area contributed by atoms with Crippen LogP contribution in [0.5, 0.6) is 0 Å². The monoisotopic (exact) mass is 288 g/mol. The van der Waals surface area contributed by atoms with Crippen LogP contribution in [0.25, 0.3) is 0 Å². The summed E-state index contributed by atoms with van der Waals surface area (Å²) in [5, 5.41) is 11.9. The van der Waals surface area contributed by atoms with Gasteiger partial charge < -0.3 is 14.8 Å². The van der Waals surface area contributed by atoms with Gasteiger partial charge in [0, 0.05) is 0 Å². The molecule has 0 unspecified atom stereocenters. The number of nitrogens with one attached hydrogen (secondary N) is 1. The van der Waals surface area contributed by atoms with Crippen molar-refractivity contribution in [3.05, 3.63) is 53.7 Å². The summed E-state index contributed by atoms with van der Waals surface area (Å²) in [5.74, 6) is -1.82. The van der Waals surface area contributed by atoms with Crippen molar-refractivity contribution in [3.8, 4) is 0 Å². The Bertz CT molecular complexity index is 636. The predicted molar refractivity (Wildman–Crippen MR) is 74.7 cm³/mol. The molecule has 0 saturated heterocycles. The van der Waals surface area contributed by atoms with Gasteiger partial charge in [-0.05, 0) is 19.4 Å². The molecule has 0 saturated carbocycles. The van der Waals surface area contributed by atoms with Crippen LogP contribution in [0.3, 0.4) is 0 Å². The fraction of sp³-hybridized carbons (Fsp3) is 0.267. The van der Waals surface area contributed by atoms with Gasteiger partial charge in [-0.1, -0.05) is 30.3 Å². The highest BCUT2D eigenvalue weighted by Gasteiger charge is 2.28. The van der Waals surface area contributed by atoms with Gasteiger partial charge in [-0.25, -0.2) is 4.98 Å². The van der Waals surface area contributed by atoms with E-state index in [-0.39, 0.29) is 5.69 Å². The van der Waals surface area contributed by atoms with Crippen LogP contribution in [-0.2, 0) is 4.79 Å². The average Bonchev–Trinajstić information content (AvgIpc) is 2.91. The second-order valence-electron chi connectivity index (χ2n) is 4.75. The Morgan fingerprint density at radius 2 is 1.95 bits per heavy atom. The first kappa shape index (κ1) is 14.8. The maximum absolute atomic E-state index is 12.2. The fourth-order valence-corrected chi connectivity index (χ4v) is 2.03. The lowest BCUT2D eigenvalue weighted by Crippen LogP contribution is -2.36. The Labute approximate surface area is 121 Å². The minimum Gasteiger partial charge on any atom is -0.481 e. The number of aliphatic carboxylic acids is 1. The summed E-state index contributed by atoms with van der Waals surface area (Å²) in [7, 11) is 0. The Kier molecular flexibility index (Phi) is 4.37. The fourth-order valence-electron chi connectivity index (χ4n) is 2.03.